The van der Waals surface area contributed by atoms with Crippen LogP contribution in [0.25, 0.3) is 0 Å². The second kappa shape index (κ2) is 5.50. The Labute approximate surface area is 124 Å². The highest BCUT2D eigenvalue weighted by molar-refractivity contribution is 7.89. The number of aromatic amines is 1. The lowest BCUT2D eigenvalue weighted by Crippen LogP contribution is -2.23. The number of nitrogen functional groups attached to an aromatic ring is 1. The van der Waals surface area contributed by atoms with Crippen LogP contribution in [-0.4, -0.2) is 18.6 Å². The third-order valence-corrected chi connectivity index (χ3v) is 4.65. The number of H-pyrrole nitrogens is 1. The van der Waals surface area contributed by atoms with Crippen molar-refractivity contribution < 1.29 is 8.42 Å². The normalized spacial score (nSPS) is 12.5. The summed E-state index contributed by atoms with van der Waals surface area (Å²) in [6.45, 7) is 6.34. The summed E-state index contributed by atoms with van der Waals surface area (Å²) in [6, 6.07) is 6.89. The van der Waals surface area contributed by atoms with Gasteiger partial charge in [-0.05, 0) is 23.1 Å². The van der Waals surface area contributed by atoms with E-state index in [1.54, 1.807) is 12.1 Å². The Morgan fingerprint density at radius 3 is 2.33 bits per heavy atom. The van der Waals surface area contributed by atoms with Crippen molar-refractivity contribution in [3.8, 4) is 0 Å². The Balaban J connectivity index is 2.14. The van der Waals surface area contributed by atoms with Crippen molar-refractivity contribution in [2.24, 2.45) is 0 Å². The minimum Gasteiger partial charge on any atom is -0.384 e. The fourth-order valence-corrected chi connectivity index (χ4v) is 2.86. The van der Waals surface area contributed by atoms with Gasteiger partial charge in [0.2, 0.25) is 10.0 Å². The molecule has 7 heteroatoms. The first-order valence-electron chi connectivity index (χ1n) is 6.58. The van der Waals surface area contributed by atoms with Crippen LogP contribution in [0.3, 0.4) is 0 Å². The summed E-state index contributed by atoms with van der Waals surface area (Å²) in [5.74, 6) is 0.362. The number of nitrogens with zero attached hydrogens (tertiary/aromatic N) is 1. The van der Waals surface area contributed by atoms with Gasteiger partial charge in [-0.15, -0.1) is 0 Å². The molecule has 2 rings (SSSR count). The number of hydrogen-bond donors (Lipinski definition) is 3. The molecule has 0 fully saturated rings. The van der Waals surface area contributed by atoms with Crippen LogP contribution in [0.2, 0.25) is 0 Å². The van der Waals surface area contributed by atoms with Crippen molar-refractivity contribution in [2.75, 3.05) is 5.73 Å². The summed E-state index contributed by atoms with van der Waals surface area (Å²) < 4.78 is 26.9. The Morgan fingerprint density at radius 2 is 1.86 bits per heavy atom. The van der Waals surface area contributed by atoms with Gasteiger partial charge in [-0.2, -0.15) is 5.10 Å². The number of benzene rings is 1. The van der Waals surface area contributed by atoms with E-state index in [0.717, 1.165) is 5.56 Å². The van der Waals surface area contributed by atoms with Crippen LogP contribution in [0.15, 0.2) is 35.4 Å². The van der Waals surface area contributed by atoms with Crippen LogP contribution in [0.5, 0.6) is 0 Å². The minimum atomic E-state index is -3.56. The van der Waals surface area contributed by atoms with Crippen molar-refractivity contribution in [1.82, 2.24) is 14.9 Å². The monoisotopic (exact) mass is 308 g/mol. The summed E-state index contributed by atoms with van der Waals surface area (Å²) in [6.07, 6.45) is 1.50. The molecule has 0 atom stereocenters. The third kappa shape index (κ3) is 3.62. The predicted molar refractivity (Wildman–Crippen MR) is 82.2 cm³/mol. The summed E-state index contributed by atoms with van der Waals surface area (Å²) >= 11 is 0. The molecule has 1 aromatic heterocycles. The molecule has 114 valence electrons. The van der Waals surface area contributed by atoms with E-state index < -0.39 is 10.0 Å². The molecule has 0 unspecified atom stereocenters. The highest BCUT2D eigenvalue weighted by Crippen LogP contribution is 2.23. The molecule has 0 aliphatic heterocycles. The van der Waals surface area contributed by atoms with Gasteiger partial charge in [-0.25, -0.2) is 13.1 Å². The van der Waals surface area contributed by atoms with E-state index in [1.807, 2.05) is 12.1 Å². The molecule has 0 radical (unpaired) electrons. The van der Waals surface area contributed by atoms with Crippen LogP contribution in [0.4, 0.5) is 5.82 Å². The SMILES string of the molecule is CC(C)(C)c1ccc(S(=O)(=O)NCc2cn[nH]c2N)cc1. The fraction of sp³-hybridized carbons (Fsp3) is 0.357. The maximum atomic E-state index is 12.2. The molecule has 0 saturated heterocycles. The minimum absolute atomic E-state index is 0.0129. The molecule has 0 aliphatic carbocycles. The molecule has 2 aromatic rings. The lowest BCUT2D eigenvalue weighted by Gasteiger charge is -2.19. The van der Waals surface area contributed by atoms with E-state index >= 15 is 0 Å². The number of hydrogen-bond acceptors (Lipinski definition) is 4. The van der Waals surface area contributed by atoms with E-state index in [0.29, 0.717) is 11.4 Å². The van der Waals surface area contributed by atoms with Crippen LogP contribution < -0.4 is 10.5 Å². The molecule has 0 amide bonds. The maximum absolute atomic E-state index is 12.2. The Kier molecular flexibility index (Phi) is 4.06. The van der Waals surface area contributed by atoms with Crippen molar-refractivity contribution in [3.05, 3.63) is 41.6 Å². The molecule has 6 nitrogen and oxygen atoms in total. The molecule has 0 bridgehead atoms. The van der Waals surface area contributed by atoms with Crippen molar-refractivity contribution in [3.63, 3.8) is 0 Å². The molecule has 0 spiro atoms. The van der Waals surface area contributed by atoms with Gasteiger partial charge in [0.1, 0.15) is 5.82 Å². The van der Waals surface area contributed by atoms with E-state index in [2.05, 4.69) is 35.7 Å². The average molecular weight is 308 g/mol. The standard InChI is InChI=1S/C14H20N4O2S/c1-14(2,3)11-4-6-12(7-5-11)21(19,20)17-9-10-8-16-18-13(10)15/h4-8,17H,9H2,1-3H3,(H3,15,16,18). The van der Waals surface area contributed by atoms with E-state index in [1.165, 1.54) is 6.20 Å². The van der Waals surface area contributed by atoms with Crippen molar-refractivity contribution >= 4 is 15.8 Å². The fourth-order valence-electron chi connectivity index (χ4n) is 1.85. The quantitative estimate of drug-likeness (QED) is 0.801. The summed E-state index contributed by atoms with van der Waals surface area (Å²) in [7, 11) is -3.56. The van der Waals surface area contributed by atoms with Gasteiger partial charge in [0, 0.05) is 12.1 Å². The number of nitrogens with two attached hydrogens (primary N) is 1. The first-order valence-corrected chi connectivity index (χ1v) is 8.06. The van der Waals surface area contributed by atoms with Crippen molar-refractivity contribution in [1.29, 1.82) is 0 Å². The zero-order valence-corrected chi connectivity index (χ0v) is 13.2. The van der Waals surface area contributed by atoms with Gasteiger partial charge in [0.05, 0.1) is 11.1 Å². The first kappa shape index (κ1) is 15.5. The van der Waals surface area contributed by atoms with Crippen LogP contribution in [0.1, 0.15) is 31.9 Å². The van der Waals surface area contributed by atoms with Gasteiger partial charge in [0.15, 0.2) is 0 Å². The maximum Gasteiger partial charge on any atom is 0.240 e. The summed E-state index contributed by atoms with van der Waals surface area (Å²) in [5.41, 5.74) is 7.31. The smallest absolute Gasteiger partial charge is 0.240 e. The van der Waals surface area contributed by atoms with E-state index in [4.69, 9.17) is 5.73 Å². The highest BCUT2D eigenvalue weighted by atomic mass is 32.2. The number of aromatic nitrogens is 2. The van der Waals surface area contributed by atoms with Crippen LogP contribution >= 0.6 is 0 Å². The largest absolute Gasteiger partial charge is 0.384 e. The zero-order chi connectivity index (χ0) is 15.7. The molecular formula is C14H20N4O2S. The second-order valence-electron chi connectivity index (χ2n) is 5.91. The Morgan fingerprint density at radius 1 is 1.24 bits per heavy atom. The van der Waals surface area contributed by atoms with Gasteiger partial charge in [-0.1, -0.05) is 32.9 Å². The van der Waals surface area contributed by atoms with Gasteiger partial charge in [-0.3, -0.25) is 5.10 Å². The van der Waals surface area contributed by atoms with Crippen molar-refractivity contribution in [2.45, 2.75) is 37.6 Å². The number of rotatable bonds is 4. The van der Waals surface area contributed by atoms with E-state index in [9.17, 15) is 8.42 Å². The summed E-state index contributed by atoms with van der Waals surface area (Å²) in [4.78, 5) is 0.234. The molecule has 0 aliphatic rings. The van der Waals surface area contributed by atoms with E-state index in [-0.39, 0.29) is 16.9 Å². The molecule has 1 aromatic carbocycles. The third-order valence-electron chi connectivity index (χ3n) is 3.23. The summed E-state index contributed by atoms with van der Waals surface area (Å²) in [5, 5.41) is 6.31. The van der Waals surface area contributed by atoms with Crippen LogP contribution in [0, 0.1) is 0 Å². The zero-order valence-electron chi connectivity index (χ0n) is 12.3. The second-order valence-corrected chi connectivity index (χ2v) is 7.67. The number of anilines is 1. The van der Waals surface area contributed by atoms with Crippen LogP contribution in [-0.2, 0) is 22.0 Å². The lowest BCUT2D eigenvalue weighted by atomic mass is 9.87. The first-order chi connectivity index (χ1) is 9.70. The molecule has 21 heavy (non-hydrogen) atoms. The molecule has 4 N–H and O–H groups in total. The highest BCUT2D eigenvalue weighted by Gasteiger charge is 2.17. The average Bonchev–Trinajstić information content (AvgIpc) is 2.81. The van der Waals surface area contributed by atoms with Gasteiger partial charge in [0.25, 0.3) is 0 Å². The number of nitrogens with one attached hydrogen (secondary N) is 2. The molecule has 1 heterocycles. The predicted octanol–water partition coefficient (Wildman–Crippen LogP) is 1.77. The Hall–Kier alpha value is -1.86. The molecular weight excluding hydrogens is 288 g/mol. The Bertz CT molecular complexity index is 712. The molecule has 0 saturated carbocycles. The topological polar surface area (TPSA) is 101 Å². The number of sulfonamides is 1. The van der Waals surface area contributed by atoms with Gasteiger partial charge < -0.3 is 5.73 Å². The lowest BCUT2D eigenvalue weighted by molar-refractivity contribution is 0.578. The van der Waals surface area contributed by atoms with Gasteiger partial charge >= 0.3 is 0 Å².